The minimum absolute atomic E-state index is 0.0338. The van der Waals surface area contributed by atoms with E-state index in [1.807, 2.05) is 6.08 Å². The van der Waals surface area contributed by atoms with E-state index in [4.69, 9.17) is 9.84 Å². The summed E-state index contributed by atoms with van der Waals surface area (Å²) in [4.78, 5) is 34.9. The van der Waals surface area contributed by atoms with Gasteiger partial charge in [-0.1, -0.05) is 38.3 Å². The molecule has 0 saturated carbocycles. The van der Waals surface area contributed by atoms with Gasteiger partial charge in [-0.3, -0.25) is 14.4 Å². The summed E-state index contributed by atoms with van der Waals surface area (Å²) >= 11 is 0. The van der Waals surface area contributed by atoms with Gasteiger partial charge in [-0.15, -0.1) is 0 Å². The van der Waals surface area contributed by atoms with Crippen molar-refractivity contribution in [3.63, 3.8) is 0 Å². The largest absolute Gasteiger partial charge is 0.481 e. The molecule has 2 amide bonds. The fourth-order valence-electron chi connectivity index (χ4n) is 4.24. The molecule has 2 saturated heterocycles. The molecule has 7 nitrogen and oxygen atoms in total. The lowest BCUT2D eigenvalue weighted by Gasteiger charge is -2.28. The number of amides is 2. The molecule has 0 aliphatic carbocycles. The van der Waals surface area contributed by atoms with Crippen molar-refractivity contribution in [2.45, 2.75) is 95.8 Å². The third-order valence-electron chi connectivity index (χ3n) is 5.76. The van der Waals surface area contributed by atoms with Crippen LogP contribution in [0.1, 0.15) is 77.6 Å². The van der Waals surface area contributed by atoms with Crippen molar-refractivity contribution in [1.29, 1.82) is 0 Å². The summed E-state index contributed by atoms with van der Waals surface area (Å²) in [5.41, 5.74) is 0. The van der Waals surface area contributed by atoms with Crippen LogP contribution in [0.25, 0.3) is 0 Å². The van der Waals surface area contributed by atoms with Crippen molar-refractivity contribution in [3.8, 4) is 0 Å². The van der Waals surface area contributed by atoms with Crippen molar-refractivity contribution in [2.24, 2.45) is 5.92 Å². The van der Waals surface area contributed by atoms with Crippen molar-refractivity contribution < 1.29 is 24.2 Å². The third kappa shape index (κ3) is 8.17. The van der Waals surface area contributed by atoms with E-state index in [0.717, 1.165) is 51.4 Å². The smallest absolute Gasteiger partial charge is 0.303 e. The number of rotatable bonds is 14. The summed E-state index contributed by atoms with van der Waals surface area (Å²) in [6.45, 7) is 2.77. The highest BCUT2D eigenvalue weighted by molar-refractivity contribution is 5.97. The quantitative estimate of drug-likeness (QED) is 0.233. The molecule has 0 aromatic carbocycles. The van der Waals surface area contributed by atoms with Crippen molar-refractivity contribution in [3.05, 3.63) is 12.2 Å². The maximum atomic E-state index is 12.3. The van der Waals surface area contributed by atoms with E-state index in [1.165, 1.54) is 0 Å². The molecule has 2 aliphatic rings. The van der Waals surface area contributed by atoms with Crippen molar-refractivity contribution >= 4 is 17.8 Å². The number of nitrogens with one attached hydrogen (secondary N) is 2. The van der Waals surface area contributed by atoms with E-state index in [-0.39, 0.29) is 48.8 Å². The minimum Gasteiger partial charge on any atom is -0.481 e. The van der Waals surface area contributed by atoms with E-state index in [9.17, 15) is 14.4 Å². The van der Waals surface area contributed by atoms with E-state index in [1.54, 1.807) is 0 Å². The minimum atomic E-state index is -0.771. The molecule has 0 radical (unpaired) electrons. The van der Waals surface area contributed by atoms with Crippen LogP contribution in [0.5, 0.6) is 0 Å². The molecule has 7 heteroatoms. The Bertz CT molecular complexity index is 578. The standard InChI is InChI=1S/C22H36N2O5/c1-2-3-4-9-14-23-19(25)15-20(26)24-22-16(17-12-13-18(22)29-17)10-7-5-6-8-11-21(27)28/h5,7,16-18,22H,2-4,6,8-15H2,1H3,(H,23,25)(H,24,26)(H,27,28)/b7-5+. The number of hydrogen-bond donors (Lipinski definition) is 3. The average molecular weight is 409 g/mol. The van der Waals surface area contributed by atoms with Gasteiger partial charge in [-0.05, 0) is 38.5 Å². The van der Waals surface area contributed by atoms with Gasteiger partial charge >= 0.3 is 5.97 Å². The summed E-state index contributed by atoms with van der Waals surface area (Å²) in [5, 5.41) is 14.5. The van der Waals surface area contributed by atoms with Crippen LogP contribution in [0.2, 0.25) is 0 Å². The van der Waals surface area contributed by atoms with Gasteiger partial charge in [0.05, 0.1) is 18.2 Å². The normalized spacial score (nSPS) is 25.4. The molecule has 2 aliphatic heterocycles. The maximum absolute atomic E-state index is 12.3. The first-order chi connectivity index (χ1) is 14.0. The lowest BCUT2D eigenvalue weighted by molar-refractivity contribution is -0.137. The van der Waals surface area contributed by atoms with Gasteiger partial charge in [-0.2, -0.15) is 0 Å². The third-order valence-corrected chi connectivity index (χ3v) is 5.76. The number of carboxylic acids is 1. The molecule has 2 rings (SSSR count). The number of carboxylic acid groups (broad SMARTS) is 1. The molecule has 0 aromatic heterocycles. The van der Waals surface area contributed by atoms with Crippen molar-refractivity contribution in [2.75, 3.05) is 6.54 Å². The molecule has 0 aromatic rings. The Morgan fingerprint density at radius 1 is 1.03 bits per heavy atom. The molecule has 3 N–H and O–H groups in total. The molecule has 164 valence electrons. The first-order valence-corrected chi connectivity index (χ1v) is 11.1. The van der Waals surface area contributed by atoms with E-state index < -0.39 is 5.97 Å². The number of carbonyl (C=O) groups is 3. The average Bonchev–Trinajstić information content (AvgIpc) is 3.26. The van der Waals surface area contributed by atoms with E-state index >= 15 is 0 Å². The Kier molecular flexibility index (Phi) is 10.2. The highest BCUT2D eigenvalue weighted by atomic mass is 16.5. The summed E-state index contributed by atoms with van der Waals surface area (Å²) in [7, 11) is 0. The van der Waals surface area contributed by atoms with E-state index in [2.05, 4.69) is 23.6 Å². The topological polar surface area (TPSA) is 105 Å². The van der Waals surface area contributed by atoms with Crippen LogP contribution in [0.4, 0.5) is 0 Å². The number of allylic oxidation sites excluding steroid dienone is 2. The van der Waals surface area contributed by atoms with Gasteiger partial charge in [0.1, 0.15) is 6.42 Å². The molecule has 2 bridgehead atoms. The van der Waals surface area contributed by atoms with Crippen LogP contribution in [0.15, 0.2) is 12.2 Å². The van der Waals surface area contributed by atoms with Crippen LogP contribution in [0, 0.1) is 5.92 Å². The fourth-order valence-corrected chi connectivity index (χ4v) is 4.24. The lowest BCUT2D eigenvalue weighted by atomic mass is 9.82. The highest BCUT2D eigenvalue weighted by Crippen LogP contribution is 2.41. The van der Waals surface area contributed by atoms with Crippen LogP contribution < -0.4 is 10.6 Å². The van der Waals surface area contributed by atoms with Gasteiger partial charge in [0.15, 0.2) is 0 Å². The number of fused-ring (bicyclic) bond motifs is 2. The number of aliphatic carboxylic acids is 1. The Labute approximate surface area is 173 Å². The summed E-state index contributed by atoms with van der Waals surface area (Å²) in [6.07, 6.45) is 12.8. The molecule has 29 heavy (non-hydrogen) atoms. The van der Waals surface area contributed by atoms with Gasteiger partial charge in [-0.25, -0.2) is 0 Å². The lowest BCUT2D eigenvalue weighted by Crippen LogP contribution is -2.47. The van der Waals surface area contributed by atoms with Gasteiger partial charge in [0.2, 0.25) is 11.8 Å². The fraction of sp³-hybridized carbons (Fsp3) is 0.773. The second-order valence-electron chi connectivity index (χ2n) is 8.13. The Balaban J connectivity index is 1.71. The van der Waals surface area contributed by atoms with Crippen LogP contribution in [-0.2, 0) is 19.1 Å². The first kappa shape index (κ1) is 23.4. The van der Waals surface area contributed by atoms with Crippen LogP contribution >= 0.6 is 0 Å². The highest BCUT2D eigenvalue weighted by Gasteiger charge is 2.48. The van der Waals surface area contributed by atoms with Crippen LogP contribution in [-0.4, -0.2) is 47.7 Å². The zero-order valence-electron chi connectivity index (χ0n) is 17.5. The van der Waals surface area contributed by atoms with E-state index in [0.29, 0.717) is 13.0 Å². The zero-order valence-corrected chi connectivity index (χ0v) is 17.5. The molecule has 4 atom stereocenters. The summed E-state index contributed by atoms with van der Waals surface area (Å²) in [5.74, 6) is -1.02. The number of ether oxygens (including phenoxy) is 1. The van der Waals surface area contributed by atoms with Crippen molar-refractivity contribution in [1.82, 2.24) is 10.6 Å². The predicted octanol–water partition coefficient (Wildman–Crippen LogP) is 2.94. The Hall–Kier alpha value is -1.89. The number of carbonyl (C=O) groups excluding carboxylic acids is 2. The SMILES string of the molecule is CCCCCCNC(=O)CC(=O)NC1C2CCC(O2)C1C/C=C/CCCC(=O)O. The molecular formula is C22H36N2O5. The summed E-state index contributed by atoms with van der Waals surface area (Å²) < 4.78 is 5.99. The molecule has 0 spiro atoms. The Morgan fingerprint density at radius 3 is 2.59 bits per heavy atom. The summed E-state index contributed by atoms with van der Waals surface area (Å²) in [6, 6.07) is -0.0535. The monoisotopic (exact) mass is 408 g/mol. The Morgan fingerprint density at radius 2 is 1.83 bits per heavy atom. The van der Waals surface area contributed by atoms with Gasteiger partial charge in [0.25, 0.3) is 0 Å². The van der Waals surface area contributed by atoms with Gasteiger partial charge < -0.3 is 20.5 Å². The maximum Gasteiger partial charge on any atom is 0.303 e. The molecular weight excluding hydrogens is 372 g/mol. The molecule has 4 unspecified atom stereocenters. The molecule has 2 heterocycles. The predicted molar refractivity (Wildman–Crippen MR) is 110 cm³/mol. The van der Waals surface area contributed by atoms with Gasteiger partial charge in [0, 0.05) is 18.9 Å². The first-order valence-electron chi connectivity index (χ1n) is 11.1. The molecule has 2 fully saturated rings. The van der Waals surface area contributed by atoms with Crippen LogP contribution in [0.3, 0.4) is 0 Å². The number of hydrogen-bond acceptors (Lipinski definition) is 4. The zero-order chi connectivity index (χ0) is 21.1. The second kappa shape index (κ2) is 12.6. The second-order valence-corrected chi connectivity index (χ2v) is 8.13. The number of unbranched alkanes of at least 4 members (excludes halogenated alkanes) is 4.